The monoisotopic (exact) mass is 642 g/mol. The molecule has 5 rings (SSSR count). The SMILES string of the molecule is C=CCOC(=O)O[C@H]1C[C@H]2OC[C@@]2(OC(C)=O)[C@H]2[C@H](OC(=O)c3ccccc3)C3(O)CCC(C)C([C@H]3C)[C@@H](OC(C)=O)C(=O)C12C. The Balaban J connectivity index is 1.77. The molecule has 4 unspecified atom stereocenters. The van der Waals surface area contributed by atoms with Crippen LogP contribution in [0.4, 0.5) is 4.79 Å². The lowest BCUT2D eigenvalue weighted by atomic mass is 9.45. The van der Waals surface area contributed by atoms with Gasteiger partial charge in [-0.15, -0.1) is 0 Å². The second-order valence-electron chi connectivity index (χ2n) is 13.3. The van der Waals surface area contributed by atoms with Crippen LogP contribution in [0.2, 0.25) is 0 Å². The summed E-state index contributed by atoms with van der Waals surface area (Å²) in [6.45, 7) is 10.8. The zero-order valence-electron chi connectivity index (χ0n) is 26.8. The van der Waals surface area contributed by atoms with Gasteiger partial charge in [0.25, 0.3) is 0 Å². The largest absolute Gasteiger partial charge is 0.508 e. The van der Waals surface area contributed by atoms with E-state index >= 15 is 4.79 Å². The Kier molecular flexibility index (Phi) is 9.09. The van der Waals surface area contributed by atoms with Gasteiger partial charge in [0.2, 0.25) is 0 Å². The molecule has 46 heavy (non-hydrogen) atoms. The van der Waals surface area contributed by atoms with E-state index in [9.17, 15) is 24.3 Å². The van der Waals surface area contributed by atoms with Crippen LogP contribution in [0.25, 0.3) is 0 Å². The van der Waals surface area contributed by atoms with E-state index in [1.165, 1.54) is 26.8 Å². The van der Waals surface area contributed by atoms with Gasteiger partial charge in [0.15, 0.2) is 17.5 Å². The van der Waals surface area contributed by atoms with Gasteiger partial charge in [0, 0.05) is 26.2 Å². The third kappa shape index (κ3) is 5.38. The van der Waals surface area contributed by atoms with Crippen LogP contribution in [0.1, 0.15) is 64.2 Å². The highest BCUT2D eigenvalue weighted by atomic mass is 16.7. The fourth-order valence-corrected chi connectivity index (χ4v) is 8.50. The molecule has 0 amide bonds. The van der Waals surface area contributed by atoms with Gasteiger partial charge < -0.3 is 33.5 Å². The van der Waals surface area contributed by atoms with E-state index in [0.29, 0.717) is 6.42 Å². The van der Waals surface area contributed by atoms with Crippen molar-refractivity contribution in [3.8, 4) is 0 Å². The van der Waals surface area contributed by atoms with Crippen LogP contribution in [-0.4, -0.2) is 83.8 Å². The van der Waals surface area contributed by atoms with E-state index in [-0.39, 0.29) is 37.5 Å². The van der Waals surface area contributed by atoms with Gasteiger partial charge in [0.1, 0.15) is 30.5 Å². The summed E-state index contributed by atoms with van der Waals surface area (Å²) < 4.78 is 35.0. The van der Waals surface area contributed by atoms with Crippen molar-refractivity contribution < 1.29 is 57.5 Å². The Labute approximate surface area is 267 Å². The molecule has 11 atom stereocenters. The molecular formula is C34H42O12. The summed E-state index contributed by atoms with van der Waals surface area (Å²) in [5.41, 5.74) is -5.03. The molecule has 250 valence electrons. The Morgan fingerprint density at radius 1 is 1.07 bits per heavy atom. The first-order valence-electron chi connectivity index (χ1n) is 15.7. The molecule has 12 heteroatoms. The normalized spacial score (nSPS) is 39.5. The van der Waals surface area contributed by atoms with Crippen molar-refractivity contribution in [3.05, 3.63) is 48.6 Å². The van der Waals surface area contributed by atoms with E-state index < -0.39 is 88.6 Å². The van der Waals surface area contributed by atoms with Crippen molar-refractivity contribution >= 4 is 29.8 Å². The standard InChI is InChI=1S/C34H42O12/c1-7-15-41-31(39)44-23-16-24-34(17-42-24,46-21(5)36)27-29(45-30(38)22-11-9-8-10-12-22)33(40)14-13-18(2)25(19(33)3)26(43-20(4)35)28(37)32(23,27)6/h7-12,18-19,23-27,29,40H,1,13-17H2,2-6H3/t18?,19-,23+,24-,25?,26-,27+,29+,32?,33?,34+/m1/s1. The van der Waals surface area contributed by atoms with Crippen LogP contribution >= 0.6 is 0 Å². The van der Waals surface area contributed by atoms with Gasteiger partial charge in [-0.1, -0.05) is 44.7 Å². The second kappa shape index (κ2) is 12.4. The minimum Gasteiger partial charge on any atom is -0.455 e. The van der Waals surface area contributed by atoms with Crippen LogP contribution < -0.4 is 0 Å². The average molecular weight is 643 g/mol. The van der Waals surface area contributed by atoms with Crippen molar-refractivity contribution in [2.75, 3.05) is 13.2 Å². The molecule has 12 nitrogen and oxygen atoms in total. The van der Waals surface area contributed by atoms with Crippen molar-refractivity contribution in [1.29, 1.82) is 0 Å². The molecule has 0 spiro atoms. The summed E-state index contributed by atoms with van der Waals surface area (Å²) in [5.74, 6) is -5.72. The molecule has 1 saturated heterocycles. The Morgan fingerprint density at radius 3 is 2.35 bits per heavy atom. The minimum absolute atomic E-state index is 0.102. The number of carbonyl (C=O) groups is 5. The van der Waals surface area contributed by atoms with Gasteiger partial charge in [-0.05, 0) is 43.7 Å². The summed E-state index contributed by atoms with van der Waals surface area (Å²) in [7, 11) is 0. The lowest BCUT2D eigenvalue weighted by Crippen LogP contribution is -2.81. The maximum atomic E-state index is 15.2. The average Bonchev–Trinajstić information content (AvgIpc) is 3.00. The number of rotatable bonds is 7. The van der Waals surface area contributed by atoms with E-state index in [2.05, 4.69) is 6.58 Å². The van der Waals surface area contributed by atoms with Crippen LogP contribution in [-0.2, 0) is 42.8 Å². The number of ketones is 1. The maximum Gasteiger partial charge on any atom is 0.508 e. The van der Waals surface area contributed by atoms with Crippen LogP contribution in [0.15, 0.2) is 43.0 Å². The van der Waals surface area contributed by atoms with Crippen molar-refractivity contribution in [2.24, 2.45) is 29.1 Å². The maximum absolute atomic E-state index is 15.2. The zero-order chi connectivity index (χ0) is 33.6. The summed E-state index contributed by atoms with van der Waals surface area (Å²) in [6, 6.07) is 8.19. The van der Waals surface area contributed by atoms with Gasteiger partial charge >= 0.3 is 24.1 Å². The number of fused-ring (bicyclic) bond motifs is 5. The number of Topliss-reactive ketones (excluding diaryl/α,β-unsaturated/α-hetero) is 1. The second-order valence-corrected chi connectivity index (χ2v) is 13.3. The molecule has 0 aromatic heterocycles. The summed E-state index contributed by atoms with van der Waals surface area (Å²) in [4.78, 5) is 67.2. The first-order valence-corrected chi connectivity index (χ1v) is 15.7. The molecule has 1 N–H and O–H groups in total. The first kappa shape index (κ1) is 33.6. The van der Waals surface area contributed by atoms with Crippen molar-refractivity contribution in [1.82, 2.24) is 0 Å². The number of hydrogen-bond acceptors (Lipinski definition) is 12. The molecule has 1 aromatic rings. The molecular weight excluding hydrogens is 600 g/mol. The van der Waals surface area contributed by atoms with E-state index in [4.69, 9.17) is 28.4 Å². The molecule has 1 heterocycles. The number of benzene rings is 1. The predicted octanol–water partition coefficient (Wildman–Crippen LogP) is 3.57. The highest BCUT2D eigenvalue weighted by Gasteiger charge is 2.78. The fraction of sp³-hybridized carbons (Fsp3) is 0.618. The van der Waals surface area contributed by atoms with E-state index in [1.807, 2.05) is 6.92 Å². The minimum atomic E-state index is -1.85. The molecule has 0 radical (unpaired) electrons. The molecule has 2 bridgehead atoms. The Morgan fingerprint density at radius 2 is 1.76 bits per heavy atom. The third-order valence-electron chi connectivity index (χ3n) is 10.7. The smallest absolute Gasteiger partial charge is 0.455 e. The van der Waals surface area contributed by atoms with Crippen molar-refractivity contribution in [2.45, 2.75) is 89.5 Å². The third-order valence-corrected chi connectivity index (χ3v) is 10.7. The van der Waals surface area contributed by atoms with Gasteiger partial charge in [-0.2, -0.15) is 0 Å². The quantitative estimate of drug-likeness (QED) is 0.262. The lowest BCUT2D eigenvalue weighted by molar-refractivity contribution is -0.347. The number of ether oxygens (including phenoxy) is 6. The zero-order valence-corrected chi connectivity index (χ0v) is 26.8. The summed E-state index contributed by atoms with van der Waals surface area (Å²) in [6.07, 6.45) is -4.30. The number of carbonyl (C=O) groups excluding carboxylic acids is 5. The number of aliphatic hydroxyl groups is 1. The first-order chi connectivity index (χ1) is 21.7. The van der Waals surface area contributed by atoms with Gasteiger partial charge in [-0.3, -0.25) is 14.4 Å². The molecule has 4 fully saturated rings. The van der Waals surface area contributed by atoms with Gasteiger partial charge in [-0.25, -0.2) is 9.59 Å². The fourth-order valence-electron chi connectivity index (χ4n) is 8.50. The highest BCUT2D eigenvalue weighted by Crippen LogP contribution is 2.63. The number of esters is 3. The molecule has 4 aliphatic rings. The summed E-state index contributed by atoms with van der Waals surface area (Å²) >= 11 is 0. The lowest BCUT2D eigenvalue weighted by Gasteiger charge is -2.66. The molecule has 3 aliphatic carbocycles. The molecule has 1 aliphatic heterocycles. The van der Waals surface area contributed by atoms with Crippen LogP contribution in [0.5, 0.6) is 0 Å². The predicted molar refractivity (Wildman–Crippen MR) is 159 cm³/mol. The Bertz CT molecular complexity index is 1390. The topological polar surface area (TPSA) is 161 Å². The van der Waals surface area contributed by atoms with E-state index in [0.717, 1.165) is 0 Å². The number of hydrogen-bond donors (Lipinski definition) is 1. The van der Waals surface area contributed by atoms with Crippen LogP contribution in [0.3, 0.4) is 0 Å². The van der Waals surface area contributed by atoms with E-state index in [1.54, 1.807) is 37.3 Å². The molecule has 1 aromatic carbocycles. The van der Waals surface area contributed by atoms with Crippen LogP contribution in [0, 0.1) is 29.1 Å². The summed E-state index contributed by atoms with van der Waals surface area (Å²) in [5, 5.41) is 12.8. The molecule has 3 saturated carbocycles. The van der Waals surface area contributed by atoms with Gasteiger partial charge in [0.05, 0.1) is 23.5 Å². The highest BCUT2D eigenvalue weighted by molar-refractivity contribution is 5.93. The van der Waals surface area contributed by atoms with Crippen molar-refractivity contribution in [3.63, 3.8) is 0 Å². The Hall–Kier alpha value is -3.77.